The van der Waals surface area contributed by atoms with E-state index in [9.17, 15) is 9.59 Å². The molecule has 2 aliphatic carbocycles. The van der Waals surface area contributed by atoms with Gasteiger partial charge in [0.05, 0.1) is 0 Å². The third kappa shape index (κ3) is 17.6. The van der Waals surface area contributed by atoms with Crippen LogP contribution in [0.25, 0.3) is 0 Å². The second kappa shape index (κ2) is 24.8. The van der Waals surface area contributed by atoms with E-state index in [-0.39, 0.29) is 22.6 Å². The van der Waals surface area contributed by atoms with E-state index in [1.807, 2.05) is 48.0 Å². The zero-order valence-corrected chi connectivity index (χ0v) is 37.1. The van der Waals surface area contributed by atoms with Gasteiger partial charge in [-0.1, -0.05) is 111 Å². The minimum absolute atomic E-state index is 0.00523. The van der Waals surface area contributed by atoms with E-state index in [2.05, 4.69) is 91.8 Å². The van der Waals surface area contributed by atoms with Gasteiger partial charge < -0.3 is 21.3 Å². The maximum Gasteiger partial charge on any atom is 0.246 e. The normalized spacial score (nSPS) is 18.7. The van der Waals surface area contributed by atoms with Gasteiger partial charge in [0.1, 0.15) is 0 Å². The summed E-state index contributed by atoms with van der Waals surface area (Å²) in [5.74, 6) is -0.0105. The van der Waals surface area contributed by atoms with Crippen molar-refractivity contribution in [2.75, 3.05) is 39.3 Å². The molecular weight excluding hydrogens is 689 g/mol. The van der Waals surface area contributed by atoms with Crippen molar-refractivity contribution in [2.45, 2.75) is 133 Å². The number of unbranched alkanes of at least 4 members (excludes halogenated alkanes) is 1. The third-order valence-corrected chi connectivity index (χ3v) is 11.2. The van der Waals surface area contributed by atoms with Crippen molar-refractivity contribution < 1.29 is 9.59 Å². The van der Waals surface area contributed by atoms with Gasteiger partial charge in [-0.3, -0.25) is 9.59 Å². The topological polar surface area (TPSA) is 92.7 Å². The van der Waals surface area contributed by atoms with Crippen LogP contribution in [-0.4, -0.2) is 60.9 Å². The van der Waals surface area contributed by atoms with Crippen molar-refractivity contribution in [1.29, 1.82) is 0 Å². The Labute approximate surface area is 342 Å². The monoisotopic (exact) mass is 767 g/mol. The summed E-state index contributed by atoms with van der Waals surface area (Å²) in [5.41, 5.74) is 22.2. The summed E-state index contributed by atoms with van der Waals surface area (Å²) in [7, 11) is 0. The molecule has 0 aromatic heterocycles. The van der Waals surface area contributed by atoms with Crippen molar-refractivity contribution in [3.8, 4) is 0 Å². The predicted octanol–water partition coefficient (Wildman–Crippen LogP) is 11.2. The van der Waals surface area contributed by atoms with Crippen LogP contribution in [0.2, 0.25) is 0 Å². The Bertz CT molecular complexity index is 1500. The van der Waals surface area contributed by atoms with Gasteiger partial charge in [-0.25, -0.2) is 0 Å². The molecule has 0 unspecified atom stereocenters. The lowest BCUT2D eigenvalue weighted by molar-refractivity contribution is -0.127. The minimum Gasteiger partial charge on any atom is -0.339 e. The molecule has 0 aliphatic heterocycles. The molecule has 0 radical (unpaired) electrons. The van der Waals surface area contributed by atoms with Gasteiger partial charge in [-0.2, -0.15) is 0 Å². The SMILES string of the molecule is CC1=C(/C=C/C(C)=C/C=C/C(C)=C/C(=O)N(CCCN)CCCCN(CCCN)C(=O)/C=C(C)/C=C/C=C(C)/C=C/C2=C(C)CCCC2(C)C)C(C)(C)CCC1. The number of nitrogens with zero attached hydrogens (tertiary/aromatic N) is 2. The number of allylic oxidation sites excluding steroid dienone is 18. The van der Waals surface area contributed by atoms with Crippen LogP contribution in [-0.2, 0) is 9.59 Å². The number of nitrogens with two attached hydrogens (primary N) is 2. The molecule has 0 saturated heterocycles. The second-order valence-corrected chi connectivity index (χ2v) is 17.5. The van der Waals surface area contributed by atoms with Gasteiger partial charge in [0.2, 0.25) is 11.8 Å². The number of amides is 2. The standard InChI is InChI=1S/C50H78N4O2/c1-39(25-27-45-43(5)23-15-29-49(45,7)8)19-13-21-41(3)37-47(55)53(35-17-31-51)33-11-12-34-54(36-18-32-52)48(56)38-42(4)22-14-20-40(2)26-28-46-44(6)24-16-30-50(46,9)10/h13-14,19-22,25-28,37-38H,11-12,15-18,23-24,29-36,51-52H2,1-10H3/b21-13+,22-14+,27-25+,28-26+,39-19+,40-20+,41-37+,42-38+. The molecule has 56 heavy (non-hydrogen) atoms. The van der Waals surface area contributed by atoms with Crippen molar-refractivity contribution in [2.24, 2.45) is 22.3 Å². The van der Waals surface area contributed by atoms with E-state index in [4.69, 9.17) is 11.5 Å². The zero-order valence-electron chi connectivity index (χ0n) is 37.1. The Morgan fingerprint density at radius 3 is 1.27 bits per heavy atom. The minimum atomic E-state index is -0.00523. The van der Waals surface area contributed by atoms with Crippen molar-refractivity contribution >= 4 is 11.8 Å². The van der Waals surface area contributed by atoms with Crippen molar-refractivity contribution in [3.63, 3.8) is 0 Å². The van der Waals surface area contributed by atoms with E-state index in [0.717, 1.165) is 36.8 Å². The molecule has 2 amide bonds. The van der Waals surface area contributed by atoms with Crippen molar-refractivity contribution in [3.05, 3.63) is 117 Å². The summed E-state index contributed by atoms with van der Waals surface area (Å²) in [6.07, 6.45) is 35.0. The molecule has 0 spiro atoms. The maximum atomic E-state index is 13.3. The summed E-state index contributed by atoms with van der Waals surface area (Å²) in [6, 6.07) is 0. The molecule has 310 valence electrons. The average molecular weight is 767 g/mol. The molecule has 2 rings (SSSR count). The molecule has 2 aliphatic rings. The number of rotatable bonds is 21. The number of carbonyl (C=O) groups excluding carboxylic acids is 2. The third-order valence-electron chi connectivity index (χ3n) is 11.2. The van der Waals surface area contributed by atoms with Crippen LogP contribution in [0.3, 0.4) is 0 Å². The quantitative estimate of drug-likeness (QED) is 0.0691. The van der Waals surface area contributed by atoms with Gasteiger partial charge in [-0.15, -0.1) is 0 Å². The van der Waals surface area contributed by atoms with Crippen LogP contribution in [0.15, 0.2) is 117 Å². The van der Waals surface area contributed by atoms with Crippen LogP contribution in [0.4, 0.5) is 0 Å². The van der Waals surface area contributed by atoms with Crippen LogP contribution in [0.1, 0.15) is 133 Å². The summed E-state index contributed by atoms with van der Waals surface area (Å²) in [6.45, 7) is 25.5. The molecule has 6 nitrogen and oxygen atoms in total. The van der Waals surface area contributed by atoms with Crippen LogP contribution < -0.4 is 11.5 Å². The molecule has 0 aromatic rings. The molecular formula is C50H78N4O2. The lowest BCUT2D eigenvalue weighted by atomic mass is 9.72. The highest BCUT2D eigenvalue weighted by Crippen LogP contribution is 2.41. The fourth-order valence-corrected chi connectivity index (χ4v) is 7.77. The first kappa shape index (κ1) is 48.4. The largest absolute Gasteiger partial charge is 0.339 e. The number of carbonyl (C=O) groups is 2. The predicted molar refractivity (Wildman–Crippen MR) is 242 cm³/mol. The molecule has 0 saturated carbocycles. The van der Waals surface area contributed by atoms with Crippen LogP contribution >= 0.6 is 0 Å². The van der Waals surface area contributed by atoms with E-state index in [1.54, 1.807) is 12.2 Å². The van der Waals surface area contributed by atoms with Gasteiger partial charge in [-0.05, 0) is 152 Å². The first-order chi connectivity index (χ1) is 26.5. The molecule has 0 bridgehead atoms. The Balaban J connectivity index is 1.98. The van der Waals surface area contributed by atoms with Crippen molar-refractivity contribution in [1.82, 2.24) is 9.80 Å². The molecule has 6 heteroatoms. The molecule has 0 atom stereocenters. The Morgan fingerprint density at radius 1 is 0.571 bits per heavy atom. The highest BCUT2D eigenvalue weighted by Gasteiger charge is 2.27. The second-order valence-electron chi connectivity index (χ2n) is 17.5. The van der Waals surface area contributed by atoms with Crippen LogP contribution in [0, 0.1) is 10.8 Å². The highest BCUT2D eigenvalue weighted by atomic mass is 16.2. The van der Waals surface area contributed by atoms with Gasteiger partial charge in [0.25, 0.3) is 0 Å². The molecule has 0 fully saturated rings. The number of hydrogen-bond acceptors (Lipinski definition) is 4. The van der Waals surface area contributed by atoms with Gasteiger partial charge in [0, 0.05) is 38.3 Å². The lowest BCUT2D eigenvalue weighted by Gasteiger charge is -2.33. The summed E-state index contributed by atoms with van der Waals surface area (Å²) in [5, 5.41) is 0. The van der Waals surface area contributed by atoms with E-state index < -0.39 is 0 Å². The fourth-order valence-electron chi connectivity index (χ4n) is 7.77. The van der Waals surface area contributed by atoms with Crippen LogP contribution in [0.5, 0.6) is 0 Å². The number of hydrogen-bond donors (Lipinski definition) is 2. The lowest BCUT2D eigenvalue weighted by Crippen LogP contribution is -2.35. The van der Waals surface area contributed by atoms with E-state index in [0.29, 0.717) is 39.3 Å². The van der Waals surface area contributed by atoms with E-state index in [1.165, 1.54) is 72.0 Å². The van der Waals surface area contributed by atoms with Gasteiger partial charge in [0.15, 0.2) is 0 Å². The fraction of sp³-hybridized carbons (Fsp3) is 0.560. The Morgan fingerprint density at radius 2 is 0.929 bits per heavy atom. The van der Waals surface area contributed by atoms with Gasteiger partial charge >= 0.3 is 0 Å². The molecule has 4 N–H and O–H groups in total. The summed E-state index contributed by atoms with van der Waals surface area (Å²) in [4.78, 5) is 30.5. The average Bonchev–Trinajstić information content (AvgIpc) is 3.11. The zero-order chi connectivity index (χ0) is 41.7. The Hall–Kier alpha value is -3.74. The Kier molecular flexibility index (Phi) is 21.4. The first-order valence-corrected chi connectivity index (χ1v) is 21.3. The summed E-state index contributed by atoms with van der Waals surface area (Å²) < 4.78 is 0. The molecule has 0 heterocycles. The summed E-state index contributed by atoms with van der Waals surface area (Å²) >= 11 is 0. The maximum absolute atomic E-state index is 13.3. The highest BCUT2D eigenvalue weighted by molar-refractivity contribution is 5.89. The molecule has 0 aromatic carbocycles. The van der Waals surface area contributed by atoms with E-state index >= 15 is 0 Å². The first-order valence-electron chi connectivity index (χ1n) is 21.3. The smallest absolute Gasteiger partial charge is 0.246 e.